The van der Waals surface area contributed by atoms with Gasteiger partial charge in [-0.2, -0.15) is 5.26 Å². The number of fused-ring (bicyclic) bond motifs is 1. The topological polar surface area (TPSA) is 126 Å². The van der Waals surface area contributed by atoms with Gasteiger partial charge in [-0.05, 0) is 63.4 Å². The Bertz CT molecular complexity index is 1350. The van der Waals surface area contributed by atoms with Crippen molar-refractivity contribution < 1.29 is 18.7 Å². The summed E-state index contributed by atoms with van der Waals surface area (Å²) in [4.78, 5) is 36.4. The van der Waals surface area contributed by atoms with Crippen LogP contribution in [0.1, 0.15) is 46.6 Å². The third kappa shape index (κ3) is 6.98. The number of hydrogen-bond donors (Lipinski definition) is 2. The van der Waals surface area contributed by atoms with Crippen LogP contribution in [0.3, 0.4) is 0 Å². The Morgan fingerprint density at radius 1 is 1.08 bits per heavy atom. The molecular weight excluding hydrogens is 460 g/mol. The third-order valence-corrected chi connectivity index (χ3v) is 5.45. The van der Waals surface area contributed by atoms with E-state index in [4.69, 9.17) is 9.15 Å². The SMILES string of the molecule is Cn1c(=O)oc2ccc(-c3ccc(C[C@@H](C#N)NC(=O)CC(C)(C)NC(=O)OC(C)(C)C)cc3)cc21. The first-order valence-electron chi connectivity index (χ1n) is 11.7. The zero-order valence-corrected chi connectivity index (χ0v) is 21.5. The van der Waals surface area contributed by atoms with E-state index in [9.17, 15) is 19.6 Å². The summed E-state index contributed by atoms with van der Waals surface area (Å²) < 4.78 is 11.9. The maximum atomic E-state index is 12.6. The summed E-state index contributed by atoms with van der Waals surface area (Å²) in [6.45, 7) is 8.72. The normalized spacial score (nSPS) is 12.6. The highest BCUT2D eigenvalue weighted by molar-refractivity contribution is 5.81. The predicted octanol–water partition coefficient (Wildman–Crippen LogP) is 4.04. The number of nitriles is 1. The molecule has 3 aromatic rings. The number of aromatic nitrogens is 1. The molecule has 1 aromatic heterocycles. The van der Waals surface area contributed by atoms with Gasteiger partial charge in [0.25, 0.3) is 0 Å². The van der Waals surface area contributed by atoms with Crippen LogP contribution in [0.25, 0.3) is 22.2 Å². The van der Waals surface area contributed by atoms with Crippen molar-refractivity contribution in [3.63, 3.8) is 0 Å². The second-order valence-electron chi connectivity index (χ2n) is 10.4. The molecule has 0 aliphatic heterocycles. The van der Waals surface area contributed by atoms with Crippen LogP contribution in [0.15, 0.2) is 51.7 Å². The third-order valence-electron chi connectivity index (χ3n) is 5.45. The number of carbonyl (C=O) groups excluding carboxylic acids is 2. The van der Waals surface area contributed by atoms with Crippen molar-refractivity contribution in [2.45, 2.75) is 64.6 Å². The molecular formula is C27H32N4O5. The van der Waals surface area contributed by atoms with Gasteiger partial charge in [0.1, 0.15) is 11.6 Å². The van der Waals surface area contributed by atoms with Crippen LogP contribution in [-0.2, 0) is 23.0 Å². The van der Waals surface area contributed by atoms with E-state index in [1.54, 1.807) is 47.7 Å². The van der Waals surface area contributed by atoms with Gasteiger partial charge >= 0.3 is 11.8 Å². The highest BCUT2D eigenvalue weighted by Crippen LogP contribution is 2.24. The van der Waals surface area contributed by atoms with Crippen LogP contribution >= 0.6 is 0 Å². The number of nitrogens with one attached hydrogen (secondary N) is 2. The first kappa shape index (κ1) is 26.5. The molecule has 190 valence electrons. The lowest BCUT2D eigenvalue weighted by atomic mass is 9.99. The van der Waals surface area contributed by atoms with E-state index in [2.05, 4.69) is 16.7 Å². The van der Waals surface area contributed by atoms with Gasteiger partial charge < -0.3 is 19.8 Å². The molecule has 1 heterocycles. The minimum Gasteiger partial charge on any atom is -0.444 e. The summed E-state index contributed by atoms with van der Waals surface area (Å²) >= 11 is 0. The van der Waals surface area contributed by atoms with Crippen molar-refractivity contribution in [3.8, 4) is 17.2 Å². The van der Waals surface area contributed by atoms with Gasteiger partial charge in [-0.1, -0.05) is 30.3 Å². The van der Waals surface area contributed by atoms with Gasteiger partial charge in [0.2, 0.25) is 5.91 Å². The molecule has 0 saturated carbocycles. The molecule has 3 rings (SSSR count). The Kier molecular flexibility index (Phi) is 7.58. The minimum absolute atomic E-state index is 0.0116. The highest BCUT2D eigenvalue weighted by atomic mass is 16.6. The van der Waals surface area contributed by atoms with Gasteiger partial charge in [-0.15, -0.1) is 0 Å². The fraction of sp³-hybridized carbons (Fsp3) is 0.407. The van der Waals surface area contributed by atoms with Crippen LogP contribution in [-0.4, -0.2) is 33.7 Å². The van der Waals surface area contributed by atoms with Crippen molar-refractivity contribution in [2.24, 2.45) is 7.05 Å². The monoisotopic (exact) mass is 492 g/mol. The van der Waals surface area contributed by atoms with E-state index in [0.29, 0.717) is 17.5 Å². The largest absolute Gasteiger partial charge is 0.444 e. The zero-order valence-electron chi connectivity index (χ0n) is 21.5. The molecule has 2 amide bonds. The Balaban J connectivity index is 1.60. The summed E-state index contributed by atoms with van der Waals surface area (Å²) in [6, 6.07) is 14.6. The molecule has 36 heavy (non-hydrogen) atoms. The Morgan fingerprint density at radius 2 is 1.72 bits per heavy atom. The Labute approximate surface area is 210 Å². The predicted molar refractivity (Wildman–Crippen MR) is 136 cm³/mol. The second-order valence-corrected chi connectivity index (χ2v) is 10.4. The molecule has 9 heteroatoms. The average molecular weight is 493 g/mol. The van der Waals surface area contributed by atoms with Crippen LogP contribution in [0.2, 0.25) is 0 Å². The fourth-order valence-electron chi connectivity index (χ4n) is 3.78. The molecule has 0 bridgehead atoms. The molecule has 0 unspecified atom stereocenters. The molecule has 0 spiro atoms. The molecule has 0 aliphatic rings. The molecule has 1 atom stereocenters. The van der Waals surface area contributed by atoms with Crippen molar-refractivity contribution in [3.05, 3.63) is 58.6 Å². The molecule has 0 saturated heterocycles. The van der Waals surface area contributed by atoms with Gasteiger partial charge in [-0.25, -0.2) is 9.59 Å². The molecule has 0 aliphatic carbocycles. The lowest BCUT2D eigenvalue weighted by Gasteiger charge is -2.28. The van der Waals surface area contributed by atoms with Gasteiger partial charge in [0.05, 0.1) is 11.6 Å². The average Bonchev–Trinajstić information content (AvgIpc) is 3.04. The van der Waals surface area contributed by atoms with Crippen LogP contribution in [0, 0.1) is 11.3 Å². The lowest BCUT2D eigenvalue weighted by molar-refractivity contribution is -0.122. The number of benzene rings is 2. The Morgan fingerprint density at radius 3 is 2.33 bits per heavy atom. The van der Waals surface area contributed by atoms with Crippen LogP contribution < -0.4 is 16.4 Å². The maximum absolute atomic E-state index is 12.6. The molecule has 0 radical (unpaired) electrons. The standard InChI is InChI=1S/C27H32N4O5/c1-26(2,3)36-24(33)30-27(4,5)15-23(32)29-20(16-28)13-17-7-9-18(10-8-17)19-11-12-22-21(14-19)31(6)25(34)35-22/h7-12,14,20H,13,15H2,1-6H3,(H,29,32)(H,30,33)/t20-/m0/s1. The molecule has 2 aromatic carbocycles. The van der Waals surface area contributed by atoms with E-state index in [-0.39, 0.29) is 12.3 Å². The zero-order chi connectivity index (χ0) is 26.7. The summed E-state index contributed by atoms with van der Waals surface area (Å²) in [5, 5.41) is 15.0. The number of rotatable bonds is 7. The summed E-state index contributed by atoms with van der Waals surface area (Å²) in [7, 11) is 1.66. The minimum atomic E-state index is -0.854. The Hall–Kier alpha value is -4.06. The summed E-state index contributed by atoms with van der Waals surface area (Å²) in [5.41, 5.74) is 2.49. The summed E-state index contributed by atoms with van der Waals surface area (Å²) in [6.07, 6.45) is -0.286. The van der Waals surface area contributed by atoms with Crippen LogP contribution in [0.5, 0.6) is 0 Å². The van der Waals surface area contributed by atoms with E-state index >= 15 is 0 Å². The number of amides is 2. The second kappa shape index (κ2) is 10.3. The number of nitrogens with zero attached hydrogens (tertiary/aromatic N) is 2. The fourth-order valence-corrected chi connectivity index (χ4v) is 3.78. The van der Waals surface area contributed by atoms with E-state index < -0.39 is 29.0 Å². The van der Waals surface area contributed by atoms with Gasteiger partial charge in [-0.3, -0.25) is 9.36 Å². The quantitative estimate of drug-likeness (QED) is 0.513. The van der Waals surface area contributed by atoms with Crippen molar-refractivity contribution in [2.75, 3.05) is 0 Å². The number of aryl methyl sites for hydroxylation is 1. The van der Waals surface area contributed by atoms with Crippen LogP contribution in [0.4, 0.5) is 4.79 Å². The van der Waals surface area contributed by atoms with E-state index in [0.717, 1.165) is 16.7 Å². The number of oxazole rings is 1. The van der Waals surface area contributed by atoms with Gasteiger partial charge in [0.15, 0.2) is 5.58 Å². The lowest BCUT2D eigenvalue weighted by Crippen LogP contribution is -2.49. The number of carbonyl (C=O) groups is 2. The first-order chi connectivity index (χ1) is 16.8. The van der Waals surface area contributed by atoms with Crippen molar-refractivity contribution in [1.29, 1.82) is 5.26 Å². The van der Waals surface area contributed by atoms with E-state index in [1.807, 2.05) is 36.4 Å². The first-order valence-corrected chi connectivity index (χ1v) is 11.7. The van der Waals surface area contributed by atoms with E-state index in [1.165, 1.54) is 4.57 Å². The number of alkyl carbamates (subject to hydrolysis) is 1. The molecule has 0 fully saturated rings. The number of ether oxygens (including phenoxy) is 1. The number of hydrogen-bond acceptors (Lipinski definition) is 6. The molecule has 2 N–H and O–H groups in total. The van der Waals surface area contributed by atoms with Crippen molar-refractivity contribution in [1.82, 2.24) is 15.2 Å². The van der Waals surface area contributed by atoms with Gasteiger partial charge in [0, 0.05) is 25.4 Å². The smallest absolute Gasteiger partial charge is 0.419 e. The highest BCUT2D eigenvalue weighted by Gasteiger charge is 2.28. The maximum Gasteiger partial charge on any atom is 0.419 e. The summed E-state index contributed by atoms with van der Waals surface area (Å²) in [5.74, 6) is -0.760. The molecule has 9 nitrogen and oxygen atoms in total. The van der Waals surface area contributed by atoms with Crippen molar-refractivity contribution >= 4 is 23.1 Å².